The van der Waals surface area contributed by atoms with Crippen LogP contribution in [0.1, 0.15) is 40.4 Å². The Morgan fingerprint density at radius 2 is 1.96 bits per heavy atom. The van der Waals surface area contributed by atoms with Crippen LogP contribution in [0.5, 0.6) is 0 Å². The van der Waals surface area contributed by atoms with Crippen molar-refractivity contribution in [3.8, 4) is 11.4 Å². The maximum atomic E-state index is 13.2. The minimum atomic E-state index is 0.00806. The third-order valence-electron chi connectivity index (χ3n) is 4.95. The monoisotopic (exact) mass is 332 g/mol. The van der Waals surface area contributed by atoms with Gasteiger partial charge in [0, 0.05) is 12.6 Å². The van der Waals surface area contributed by atoms with Crippen LogP contribution in [-0.2, 0) is 6.42 Å². The highest BCUT2D eigenvalue weighted by molar-refractivity contribution is 6.00. The molecule has 1 aliphatic carbocycles. The van der Waals surface area contributed by atoms with Crippen molar-refractivity contribution in [2.75, 3.05) is 7.05 Å². The first-order chi connectivity index (χ1) is 12.3. The average Bonchev–Trinajstić information content (AvgIpc) is 3.21. The van der Waals surface area contributed by atoms with Crippen LogP contribution < -0.4 is 0 Å². The SMILES string of the molecule is CN(C(=O)c1ccccc1-c1ncn[nH]1)[C@H]1CCCc2ccccc21. The number of fused-ring (bicyclic) bond motifs is 1. The van der Waals surface area contributed by atoms with E-state index in [0.717, 1.165) is 24.8 Å². The summed E-state index contributed by atoms with van der Waals surface area (Å²) in [6.07, 6.45) is 4.63. The van der Waals surface area contributed by atoms with E-state index in [2.05, 4.69) is 39.4 Å². The predicted octanol–water partition coefficient (Wildman–Crippen LogP) is 3.62. The highest BCUT2D eigenvalue weighted by atomic mass is 16.2. The van der Waals surface area contributed by atoms with Crippen molar-refractivity contribution in [3.63, 3.8) is 0 Å². The molecule has 3 aromatic rings. The van der Waals surface area contributed by atoms with Gasteiger partial charge in [-0.05, 0) is 36.5 Å². The van der Waals surface area contributed by atoms with E-state index >= 15 is 0 Å². The molecular weight excluding hydrogens is 312 g/mol. The highest BCUT2D eigenvalue weighted by Crippen LogP contribution is 2.34. The fourth-order valence-electron chi connectivity index (χ4n) is 3.67. The van der Waals surface area contributed by atoms with E-state index in [9.17, 15) is 4.79 Å². The largest absolute Gasteiger partial charge is 0.335 e. The van der Waals surface area contributed by atoms with Crippen molar-refractivity contribution in [2.24, 2.45) is 0 Å². The lowest BCUT2D eigenvalue weighted by Gasteiger charge is -2.33. The van der Waals surface area contributed by atoms with E-state index in [1.807, 2.05) is 36.2 Å². The van der Waals surface area contributed by atoms with Crippen LogP contribution in [-0.4, -0.2) is 33.0 Å². The molecule has 1 amide bonds. The Hall–Kier alpha value is -2.95. The Kier molecular flexibility index (Phi) is 4.06. The normalized spacial score (nSPS) is 16.3. The number of aryl methyl sites for hydroxylation is 1. The molecule has 25 heavy (non-hydrogen) atoms. The summed E-state index contributed by atoms with van der Waals surface area (Å²) in [5.74, 6) is 0.620. The number of aromatic nitrogens is 3. The molecule has 5 heteroatoms. The lowest BCUT2D eigenvalue weighted by atomic mass is 9.86. The first kappa shape index (κ1) is 15.6. The second-order valence-electron chi connectivity index (χ2n) is 6.40. The van der Waals surface area contributed by atoms with Crippen molar-refractivity contribution in [2.45, 2.75) is 25.3 Å². The average molecular weight is 332 g/mol. The minimum Gasteiger partial charge on any atom is -0.335 e. The Morgan fingerprint density at radius 3 is 2.80 bits per heavy atom. The minimum absolute atomic E-state index is 0.00806. The molecule has 0 radical (unpaired) electrons. The van der Waals surface area contributed by atoms with E-state index in [1.54, 1.807) is 0 Å². The molecule has 0 bridgehead atoms. The number of benzene rings is 2. The predicted molar refractivity (Wildman–Crippen MR) is 96.0 cm³/mol. The van der Waals surface area contributed by atoms with Crippen LogP contribution in [0.3, 0.4) is 0 Å². The summed E-state index contributed by atoms with van der Waals surface area (Å²) >= 11 is 0. The number of H-pyrrole nitrogens is 1. The van der Waals surface area contributed by atoms with Crippen LogP contribution in [0.15, 0.2) is 54.9 Å². The zero-order chi connectivity index (χ0) is 17.2. The zero-order valence-corrected chi connectivity index (χ0v) is 14.1. The van der Waals surface area contributed by atoms with Crippen molar-refractivity contribution in [3.05, 3.63) is 71.5 Å². The Labute approximate surface area is 146 Å². The van der Waals surface area contributed by atoms with Crippen LogP contribution in [0.2, 0.25) is 0 Å². The smallest absolute Gasteiger partial charge is 0.254 e. The zero-order valence-electron chi connectivity index (χ0n) is 14.1. The molecule has 0 saturated heterocycles. The first-order valence-electron chi connectivity index (χ1n) is 8.55. The van der Waals surface area contributed by atoms with Gasteiger partial charge in [0.05, 0.1) is 11.6 Å². The maximum Gasteiger partial charge on any atom is 0.254 e. The number of carbonyl (C=O) groups is 1. The first-order valence-corrected chi connectivity index (χ1v) is 8.55. The Balaban J connectivity index is 1.69. The molecule has 1 atom stereocenters. The Bertz CT molecular complexity index is 888. The number of rotatable bonds is 3. The molecular formula is C20H20N4O. The number of hydrogen-bond acceptors (Lipinski definition) is 3. The van der Waals surface area contributed by atoms with E-state index in [0.29, 0.717) is 11.4 Å². The van der Waals surface area contributed by atoms with Gasteiger partial charge in [-0.3, -0.25) is 9.89 Å². The Morgan fingerprint density at radius 1 is 1.16 bits per heavy atom. The number of nitrogens with zero attached hydrogens (tertiary/aromatic N) is 3. The van der Waals surface area contributed by atoms with E-state index in [1.165, 1.54) is 17.5 Å². The number of aromatic amines is 1. The van der Waals surface area contributed by atoms with Crippen LogP contribution in [0.4, 0.5) is 0 Å². The van der Waals surface area contributed by atoms with Crippen molar-refractivity contribution >= 4 is 5.91 Å². The van der Waals surface area contributed by atoms with Crippen molar-refractivity contribution < 1.29 is 4.79 Å². The van der Waals surface area contributed by atoms with Gasteiger partial charge in [-0.15, -0.1) is 0 Å². The fourth-order valence-corrected chi connectivity index (χ4v) is 3.67. The van der Waals surface area contributed by atoms with Gasteiger partial charge in [-0.25, -0.2) is 4.98 Å². The third-order valence-corrected chi connectivity index (χ3v) is 4.95. The molecule has 0 spiro atoms. The molecule has 5 nitrogen and oxygen atoms in total. The van der Waals surface area contributed by atoms with Crippen molar-refractivity contribution in [1.82, 2.24) is 20.1 Å². The second kappa shape index (κ2) is 6.51. The van der Waals surface area contributed by atoms with Crippen LogP contribution in [0.25, 0.3) is 11.4 Å². The summed E-state index contributed by atoms with van der Waals surface area (Å²) in [6.45, 7) is 0. The molecule has 1 N–H and O–H groups in total. The van der Waals surface area contributed by atoms with Gasteiger partial charge in [-0.2, -0.15) is 5.10 Å². The lowest BCUT2D eigenvalue weighted by molar-refractivity contribution is 0.0716. The second-order valence-corrected chi connectivity index (χ2v) is 6.40. The molecule has 126 valence electrons. The molecule has 0 saturated carbocycles. The number of hydrogen-bond donors (Lipinski definition) is 1. The van der Waals surface area contributed by atoms with Gasteiger partial charge in [0.25, 0.3) is 5.91 Å². The summed E-state index contributed by atoms with van der Waals surface area (Å²) in [5.41, 5.74) is 4.04. The molecule has 0 fully saturated rings. The summed E-state index contributed by atoms with van der Waals surface area (Å²) in [4.78, 5) is 19.3. The van der Waals surface area contributed by atoms with E-state index in [-0.39, 0.29) is 11.9 Å². The van der Waals surface area contributed by atoms with Crippen LogP contribution in [0, 0.1) is 0 Å². The molecule has 1 aliphatic rings. The topological polar surface area (TPSA) is 61.9 Å². The van der Waals surface area contributed by atoms with Gasteiger partial charge in [0.15, 0.2) is 5.82 Å². The van der Waals surface area contributed by atoms with Gasteiger partial charge >= 0.3 is 0 Å². The van der Waals surface area contributed by atoms with Gasteiger partial charge in [-0.1, -0.05) is 42.5 Å². The standard InChI is InChI=1S/C20H20N4O/c1-24(18-12-6-8-14-7-2-3-9-15(14)18)20(25)17-11-5-4-10-16(17)19-21-13-22-23-19/h2-5,7,9-11,13,18H,6,8,12H2,1H3,(H,21,22,23)/t18-/m0/s1. The quantitative estimate of drug-likeness (QED) is 0.797. The summed E-state index contributed by atoms with van der Waals surface area (Å²) in [7, 11) is 1.90. The summed E-state index contributed by atoms with van der Waals surface area (Å²) in [5, 5.41) is 6.75. The summed E-state index contributed by atoms with van der Waals surface area (Å²) < 4.78 is 0. The molecule has 1 heterocycles. The van der Waals surface area contributed by atoms with Gasteiger partial charge in [0.2, 0.25) is 0 Å². The van der Waals surface area contributed by atoms with E-state index < -0.39 is 0 Å². The number of amides is 1. The summed E-state index contributed by atoms with van der Waals surface area (Å²) in [6, 6.07) is 16.1. The number of carbonyl (C=O) groups excluding carboxylic acids is 1. The third kappa shape index (κ3) is 2.82. The van der Waals surface area contributed by atoms with E-state index in [4.69, 9.17) is 0 Å². The highest BCUT2D eigenvalue weighted by Gasteiger charge is 2.28. The van der Waals surface area contributed by atoms with Gasteiger partial charge < -0.3 is 4.90 Å². The molecule has 0 aliphatic heterocycles. The molecule has 2 aromatic carbocycles. The maximum absolute atomic E-state index is 13.2. The molecule has 0 unspecified atom stereocenters. The van der Waals surface area contributed by atoms with Gasteiger partial charge in [0.1, 0.15) is 6.33 Å². The lowest BCUT2D eigenvalue weighted by Crippen LogP contribution is -2.33. The molecule has 4 rings (SSSR count). The fraction of sp³-hybridized carbons (Fsp3) is 0.250. The number of nitrogens with one attached hydrogen (secondary N) is 1. The van der Waals surface area contributed by atoms with Crippen LogP contribution >= 0.6 is 0 Å². The molecule has 1 aromatic heterocycles. The van der Waals surface area contributed by atoms with Crippen molar-refractivity contribution in [1.29, 1.82) is 0 Å².